The summed E-state index contributed by atoms with van der Waals surface area (Å²) < 4.78 is 0. The molecule has 0 bridgehead atoms. The molecule has 1 N–H and O–H groups in total. The lowest BCUT2D eigenvalue weighted by molar-refractivity contribution is -0.129. The Labute approximate surface area is 176 Å². The first-order valence-corrected chi connectivity index (χ1v) is 12.1. The lowest BCUT2D eigenvalue weighted by atomic mass is 9.50. The van der Waals surface area contributed by atoms with Crippen LogP contribution in [-0.2, 0) is 11.2 Å². The third kappa shape index (κ3) is 3.92. The van der Waals surface area contributed by atoms with Crippen molar-refractivity contribution in [3.63, 3.8) is 0 Å². The molecular weight excluding hydrogens is 358 g/mol. The second kappa shape index (κ2) is 8.88. The molecule has 4 rings (SSSR count). The summed E-state index contributed by atoms with van der Waals surface area (Å²) in [6.45, 7) is 5.13. The van der Waals surface area contributed by atoms with Crippen LogP contribution >= 0.6 is 0 Å². The summed E-state index contributed by atoms with van der Waals surface area (Å²) in [5.41, 5.74) is 1.26. The monoisotopic (exact) mass is 397 g/mol. The van der Waals surface area contributed by atoms with Crippen molar-refractivity contribution in [1.29, 1.82) is 0 Å². The van der Waals surface area contributed by atoms with Gasteiger partial charge in [-0.15, -0.1) is 0 Å². The van der Waals surface area contributed by atoms with E-state index < -0.39 is 0 Å². The second-order valence-corrected chi connectivity index (χ2v) is 10.4. The van der Waals surface area contributed by atoms with Gasteiger partial charge in [0.05, 0.1) is 0 Å². The molecular formula is C26H39NO2. The number of aliphatic hydroxyl groups excluding tert-OH is 1. The van der Waals surface area contributed by atoms with E-state index in [0.717, 1.165) is 48.0 Å². The Morgan fingerprint density at radius 2 is 2.07 bits per heavy atom. The number of nitrogens with zero attached hydrogens (tertiary/aromatic N) is 1. The minimum absolute atomic E-state index is 0.195. The molecule has 29 heavy (non-hydrogen) atoms. The average molecular weight is 398 g/mol. The van der Waals surface area contributed by atoms with Crippen molar-refractivity contribution in [2.24, 2.45) is 40.9 Å². The molecule has 3 aliphatic carbocycles. The summed E-state index contributed by atoms with van der Waals surface area (Å²) in [4.78, 5) is 17.5. The smallest absolute Gasteiger partial charge is 0.140 e. The van der Waals surface area contributed by atoms with Crippen LogP contribution < -0.4 is 0 Å². The lowest BCUT2D eigenvalue weighted by Gasteiger charge is -2.54. The predicted molar refractivity (Wildman–Crippen MR) is 116 cm³/mol. The number of ketones is 1. The molecule has 1 aromatic heterocycles. The van der Waals surface area contributed by atoms with Gasteiger partial charge in [0.25, 0.3) is 0 Å². The predicted octanol–water partition coefficient (Wildman–Crippen LogP) is 5.46. The van der Waals surface area contributed by atoms with Crippen molar-refractivity contribution in [3.8, 4) is 0 Å². The van der Waals surface area contributed by atoms with Gasteiger partial charge in [0.1, 0.15) is 5.78 Å². The number of aliphatic hydroxyl groups is 1. The number of rotatable bonds is 7. The fourth-order valence-corrected chi connectivity index (χ4v) is 7.87. The molecule has 7 atom stereocenters. The van der Waals surface area contributed by atoms with Gasteiger partial charge in [0, 0.05) is 31.3 Å². The number of hydrogen-bond donors (Lipinski definition) is 1. The number of carbonyl (C=O) groups excluding carboxylic acids is 1. The molecule has 3 nitrogen and oxygen atoms in total. The quantitative estimate of drug-likeness (QED) is 0.664. The first-order chi connectivity index (χ1) is 14.1. The van der Waals surface area contributed by atoms with E-state index in [0.29, 0.717) is 18.8 Å². The molecule has 3 fully saturated rings. The zero-order valence-corrected chi connectivity index (χ0v) is 18.4. The Morgan fingerprint density at radius 1 is 1.21 bits per heavy atom. The summed E-state index contributed by atoms with van der Waals surface area (Å²) in [6, 6.07) is 3.97. The van der Waals surface area contributed by atoms with Gasteiger partial charge in [-0.1, -0.05) is 26.3 Å². The van der Waals surface area contributed by atoms with Crippen molar-refractivity contribution in [2.45, 2.75) is 78.1 Å². The van der Waals surface area contributed by atoms with Crippen molar-refractivity contribution < 1.29 is 9.90 Å². The summed E-state index contributed by atoms with van der Waals surface area (Å²) in [5.74, 6) is 4.66. The molecule has 0 aromatic carbocycles. The van der Waals surface area contributed by atoms with Crippen LogP contribution in [0.25, 0.3) is 0 Å². The van der Waals surface area contributed by atoms with Crippen LogP contribution in [0.15, 0.2) is 24.5 Å². The molecule has 0 unspecified atom stereocenters. The topological polar surface area (TPSA) is 50.2 Å². The summed E-state index contributed by atoms with van der Waals surface area (Å²) in [7, 11) is 0. The zero-order valence-electron chi connectivity index (χ0n) is 18.4. The maximum Gasteiger partial charge on any atom is 0.140 e. The molecule has 160 valence electrons. The van der Waals surface area contributed by atoms with Gasteiger partial charge in [0.15, 0.2) is 0 Å². The lowest BCUT2D eigenvalue weighted by Crippen LogP contribution is -2.48. The highest BCUT2D eigenvalue weighted by atomic mass is 16.2. The summed E-state index contributed by atoms with van der Waals surface area (Å²) >= 11 is 0. The number of Topliss-reactive ketones (excluding diaryl/α,β-unsaturated/α-hetero) is 1. The van der Waals surface area contributed by atoms with E-state index in [1.54, 1.807) is 6.20 Å². The maximum absolute atomic E-state index is 13.3. The number of aromatic nitrogens is 1. The summed E-state index contributed by atoms with van der Waals surface area (Å²) in [5, 5.41) is 9.42. The molecule has 0 saturated heterocycles. The summed E-state index contributed by atoms with van der Waals surface area (Å²) in [6.07, 6.45) is 15.2. The van der Waals surface area contributed by atoms with E-state index in [1.807, 2.05) is 18.3 Å². The van der Waals surface area contributed by atoms with Gasteiger partial charge in [0.2, 0.25) is 0 Å². The molecule has 1 heterocycles. The third-order valence-electron chi connectivity index (χ3n) is 9.23. The Morgan fingerprint density at radius 3 is 2.79 bits per heavy atom. The van der Waals surface area contributed by atoms with Crippen LogP contribution in [0, 0.1) is 40.9 Å². The Bertz CT molecular complexity index is 689. The molecule has 0 amide bonds. The van der Waals surface area contributed by atoms with E-state index in [2.05, 4.69) is 18.8 Å². The maximum atomic E-state index is 13.3. The fourth-order valence-electron chi connectivity index (χ4n) is 7.87. The highest BCUT2D eigenvalue weighted by Crippen LogP contribution is 2.63. The number of fused-ring (bicyclic) bond motifs is 3. The van der Waals surface area contributed by atoms with Crippen LogP contribution in [0.1, 0.15) is 77.2 Å². The van der Waals surface area contributed by atoms with Crippen LogP contribution in [0.3, 0.4) is 0 Å². The zero-order chi connectivity index (χ0) is 20.4. The van der Waals surface area contributed by atoms with Gasteiger partial charge in [-0.2, -0.15) is 0 Å². The van der Waals surface area contributed by atoms with E-state index >= 15 is 0 Å². The first-order valence-electron chi connectivity index (χ1n) is 12.1. The Balaban J connectivity index is 1.49. The van der Waals surface area contributed by atoms with Crippen LogP contribution in [-0.4, -0.2) is 22.5 Å². The molecule has 3 saturated carbocycles. The SMILES string of the molecule is CC[C@H]1CC[C@@H]2[C@H](CC[C@]3(C)[C@@H](C(=O)Cc4cccnc4)CC[C@@H]23)[C@H]1CCCO. The molecule has 0 aliphatic heterocycles. The molecule has 3 aliphatic rings. The van der Waals surface area contributed by atoms with Crippen molar-refractivity contribution in [3.05, 3.63) is 30.1 Å². The van der Waals surface area contributed by atoms with E-state index in [9.17, 15) is 9.90 Å². The third-order valence-corrected chi connectivity index (χ3v) is 9.23. The van der Waals surface area contributed by atoms with Gasteiger partial charge < -0.3 is 5.11 Å². The van der Waals surface area contributed by atoms with Gasteiger partial charge in [-0.3, -0.25) is 9.78 Å². The average Bonchev–Trinajstić information content (AvgIpc) is 3.10. The van der Waals surface area contributed by atoms with E-state index in [-0.39, 0.29) is 11.3 Å². The van der Waals surface area contributed by atoms with Gasteiger partial charge in [-0.05, 0) is 98.0 Å². The minimum atomic E-state index is 0.195. The van der Waals surface area contributed by atoms with Crippen molar-refractivity contribution >= 4 is 5.78 Å². The second-order valence-electron chi connectivity index (χ2n) is 10.4. The highest BCUT2D eigenvalue weighted by molar-refractivity contribution is 5.84. The highest BCUT2D eigenvalue weighted by Gasteiger charge is 2.57. The normalized spacial score (nSPS) is 39.0. The van der Waals surface area contributed by atoms with Crippen molar-refractivity contribution in [1.82, 2.24) is 4.98 Å². The van der Waals surface area contributed by atoms with Gasteiger partial charge >= 0.3 is 0 Å². The number of pyridine rings is 1. The van der Waals surface area contributed by atoms with Crippen LogP contribution in [0.2, 0.25) is 0 Å². The number of carbonyl (C=O) groups is 1. The minimum Gasteiger partial charge on any atom is -0.396 e. The molecule has 0 radical (unpaired) electrons. The van der Waals surface area contributed by atoms with Gasteiger partial charge in [-0.25, -0.2) is 0 Å². The fraction of sp³-hybridized carbons (Fsp3) is 0.769. The molecule has 3 heteroatoms. The Hall–Kier alpha value is -1.22. The van der Waals surface area contributed by atoms with Crippen LogP contribution in [0.4, 0.5) is 0 Å². The Kier molecular flexibility index (Phi) is 6.44. The largest absolute Gasteiger partial charge is 0.396 e. The van der Waals surface area contributed by atoms with Crippen molar-refractivity contribution in [2.75, 3.05) is 6.61 Å². The molecule has 0 spiro atoms. The first kappa shape index (κ1) is 21.0. The number of hydrogen-bond acceptors (Lipinski definition) is 3. The van der Waals surface area contributed by atoms with E-state index in [1.165, 1.54) is 44.9 Å². The standard InChI is InChI=1S/C26H39NO2/c1-3-19-8-9-22-21(20(19)7-5-15-28)12-13-26(2)23(22)10-11-24(26)25(29)16-18-6-4-14-27-17-18/h4,6,14,17,19-24,28H,3,5,7-13,15-16H2,1-2H3/t19-,20-,21+,22+,23-,24+,26-/m0/s1. The van der Waals surface area contributed by atoms with Crippen LogP contribution in [0.5, 0.6) is 0 Å². The van der Waals surface area contributed by atoms with E-state index in [4.69, 9.17) is 0 Å². The molecule has 1 aromatic rings.